The van der Waals surface area contributed by atoms with Gasteiger partial charge >= 0.3 is 0 Å². The number of likely N-dealkylation sites (tertiary alicyclic amines) is 2. The van der Waals surface area contributed by atoms with Gasteiger partial charge in [-0.05, 0) is 63.0 Å². The van der Waals surface area contributed by atoms with Crippen molar-refractivity contribution in [2.24, 2.45) is 5.92 Å². The number of benzene rings is 1. The SMILES string of the molecule is COCCNC(=O)[C@@H]1CCCN(C2CCN(Cc3ccc(F)cc3)CC2)C1. The second kappa shape index (κ2) is 10.2. The molecule has 5 nitrogen and oxygen atoms in total. The largest absolute Gasteiger partial charge is 0.383 e. The van der Waals surface area contributed by atoms with Crippen LogP contribution in [0.2, 0.25) is 0 Å². The van der Waals surface area contributed by atoms with Gasteiger partial charge in [-0.25, -0.2) is 4.39 Å². The first kappa shape index (κ1) is 20.2. The summed E-state index contributed by atoms with van der Waals surface area (Å²) < 4.78 is 18.0. The summed E-state index contributed by atoms with van der Waals surface area (Å²) in [7, 11) is 1.65. The third kappa shape index (κ3) is 5.99. The molecule has 27 heavy (non-hydrogen) atoms. The number of halogens is 1. The van der Waals surface area contributed by atoms with E-state index in [1.54, 1.807) is 7.11 Å². The van der Waals surface area contributed by atoms with Crippen LogP contribution < -0.4 is 5.32 Å². The Hall–Kier alpha value is -1.50. The topological polar surface area (TPSA) is 44.8 Å². The molecular formula is C21H32FN3O2. The minimum absolute atomic E-state index is 0.104. The van der Waals surface area contributed by atoms with E-state index >= 15 is 0 Å². The fourth-order valence-electron chi connectivity index (χ4n) is 4.26. The molecule has 0 saturated carbocycles. The summed E-state index contributed by atoms with van der Waals surface area (Å²) in [6, 6.07) is 7.39. The van der Waals surface area contributed by atoms with Crippen molar-refractivity contribution in [3.63, 3.8) is 0 Å². The standard InChI is InChI=1S/C21H32FN3O2/c1-27-14-10-23-21(26)18-3-2-11-25(16-18)20-8-12-24(13-9-20)15-17-4-6-19(22)7-5-17/h4-7,18,20H,2-3,8-16H2,1H3,(H,23,26)/t18-/m1/s1. The number of methoxy groups -OCH3 is 1. The van der Waals surface area contributed by atoms with Gasteiger partial charge < -0.3 is 10.1 Å². The zero-order valence-corrected chi connectivity index (χ0v) is 16.3. The highest BCUT2D eigenvalue weighted by atomic mass is 19.1. The monoisotopic (exact) mass is 377 g/mol. The van der Waals surface area contributed by atoms with E-state index in [4.69, 9.17) is 4.74 Å². The minimum Gasteiger partial charge on any atom is -0.383 e. The highest BCUT2D eigenvalue weighted by Crippen LogP contribution is 2.24. The normalized spacial score (nSPS) is 22.7. The van der Waals surface area contributed by atoms with Crippen molar-refractivity contribution in [2.45, 2.75) is 38.3 Å². The van der Waals surface area contributed by atoms with Gasteiger partial charge in [-0.2, -0.15) is 0 Å². The highest BCUT2D eigenvalue weighted by Gasteiger charge is 2.31. The number of piperidine rings is 2. The van der Waals surface area contributed by atoms with Gasteiger partial charge in [-0.3, -0.25) is 14.6 Å². The van der Waals surface area contributed by atoms with Crippen molar-refractivity contribution in [3.8, 4) is 0 Å². The first-order valence-electron chi connectivity index (χ1n) is 10.1. The second-order valence-corrected chi connectivity index (χ2v) is 7.75. The molecule has 1 aromatic rings. The molecule has 1 N–H and O–H groups in total. The maximum Gasteiger partial charge on any atom is 0.224 e. The molecule has 1 atom stereocenters. The van der Waals surface area contributed by atoms with E-state index in [0.29, 0.717) is 19.2 Å². The third-order valence-corrected chi connectivity index (χ3v) is 5.82. The number of ether oxygens (including phenoxy) is 1. The molecule has 0 radical (unpaired) electrons. The summed E-state index contributed by atoms with van der Waals surface area (Å²) in [6.45, 7) is 6.14. The van der Waals surface area contributed by atoms with Gasteiger partial charge in [0.05, 0.1) is 12.5 Å². The fourth-order valence-corrected chi connectivity index (χ4v) is 4.26. The predicted molar refractivity (Wildman–Crippen MR) is 104 cm³/mol. The number of nitrogens with one attached hydrogen (secondary N) is 1. The minimum atomic E-state index is -0.177. The summed E-state index contributed by atoms with van der Waals surface area (Å²) in [5.74, 6) is 0.0988. The quantitative estimate of drug-likeness (QED) is 0.741. The van der Waals surface area contributed by atoms with Crippen molar-refractivity contribution in [1.82, 2.24) is 15.1 Å². The van der Waals surface area contributed by atoms with E-state index < -0.39 is 0 Å². The fraction of sp³-hybridized carbons (Fsp3) is 0.667. The Morgan fingerprint density at radius 1 is 1.19 bits per heavy atom. The summed E-state index contributed by atoms with van der Waals surface area (Å²) >= 11 is 0. The Morgan fingerprint density at radius 3 is 2.63 bits per heavy atom. The molecule has 2 fully saturated rings. The molecule has 0 spiro atoms. The van der Waals surface area contributed by atoms with Crippen LogP contribution in [0, 0.1) is 11.7 Å². The molecule has 2 heterocycles. The molecule has 1 aromatic carbocycles. The molecule has 2 aliphatic rings. The van der Waals surface area contributed by atoms with E-state index in [0.717, 1.165) is 58.4 Å². The second-order valence-electron chi connectivity index (χ2n) is 7.75. The summed E-state index contributed by atoms with van der Waals surface area (Å²) in [6.07, 6.45) is 4.36. The van der Waals surface area contributed by atoms with Gasteiger partial charge in [0, 0.05) is 32.8 Å². The first-order valence-corrected chi connectivity index (χ1v) is 10.1. The molecule has 6 heteroatoms. The lowest BCUT2D eigenvalue weighted by Gasteiger charge is -2.42. The number of rotatable bonds is 7. The lowest BCUT2D eigenvalue weighted by molar-refractivity contribution is -0.127. The van der Waals surface area contributed by atoms with Crippen molar-refractivity contribution in [2.75, 3.05) is 46.4 Å². The zero-order valence-electron chi connectivity index (χ0n) is 16.3. The average molecular weight is 378 g/mol. The van der Waals surface area contributed by atoms with E-state index in [2.05, 4.69) is 15.1 Å². The van der Waals surface area contributed by atoms with Gasteiger partial charge in [0.25, 0.3) is 0 Å². The van der Waals surface area contributed by atoms with Crippen molar-refractivity contribution < 1.29 is 13.9 Å². The predicted octanol–water partition coefficient (Wildman–Crippen LogP) is 2.26. The lowest BCUT2D eigenvalue weighted by Crippen LogP contribution is -2.50. The van der Waals surface area contributed by atoms with Crippen LogP contribution in [-0.4, -0.2) is 68.2 Å². The molecule has 3 rings (SSSR count). The van der Waals surface area contributed by atoms with Gasteiger partial charge in [0.2, 0.25) is 5.91 Å². The molecule has 0 bridgehead atoms. The third-order valence-electron chi connectivity index (χ3n) is 5.82. The molecular weight excluding hydrogens is 345 g/mol. The molecule has 0 aromatic heterocycles. The van der Waals surface area contributed by atoms with E-state index in [9.17, 15) is 9.18 Å². The average Bonchev–Trinajstić information content (AvgIpc) is 2.70. The van der Waals surface area contributed by atoms with Crippen LogP contribution in [0.5, 0.6) is 0 Å². The Bertz CT molecular complexity index is 588. The number of amides is 1. The lowest BCUT2D eigenvalue weighted by atomic mass is 9.93. The Labute approximate surface area is 161 Å². The highest BCUT2D eigenvalue weighted by molar-refractivity contribution is 5.78. The molecule has 2 saturated heterocycles. The van der Waals surface area contributed by atoms with Gasteiger partial charge in [-0.15, -0.1) is 0 Å². The smallest absolute Gasteiger partial charge is 0.224 e. The summed E-state index contributed by atoms with van der Waals surface area (Å²) in [5.41, 5.74) is 1.17. The van der Waals surface area contributed by atoms with Crippen LogP contribution in [0.15, 0.2) is 24.3 Å². The van der Waals surface area contributed by atoms with Gasteiger partial charge in [0.1, 0.15) is 5.82 Å². The Morgan fingerprint density at radius 2 is 1.93 bits per heavy atom. The van der Waals surface area contributed by atoms with Crippen LogP contribution >= 0.6 is 0 Å². The zero-order chi connectivity index (χ0) is 19.1. The van der Waals surface area contributed by atoms with E-state index in [-0.39, 0.29) is 17.6 Å². The number of hydrogen-bond acceptors (Lipinski definition) is 4. The van der Waals surface area contributed by atoms with Crippen LogP contribution in [-0.2, 0) is 16.1 Å². The van der Waals surface area contributed by atoms with Crippen LogP contribution in [0.1, 0.15) is 31.2 Å². The van der Waals surface area contributed by atoms with Gasteiger partial charge in [-0.1, -0.05) is 12.1 Å². The van der Waals surface area contributed by atoms with Crippen molar-refractivity contribution in [1.29, 1.82) is 0 Å². The van der Waals surface area contributed by atoms with Crippen molar-refractivity contribution in [3.05, 3.63) is 35.6 Å². The van der Waals surface area contributed by atoms with Crippen LogP contribution in [0.25, 0.3) is 0 Å². The van der Waals surface area contributed by atoms with Crippen LogP contribution in [0.4, 0.5) is 4.39 Å². The Balaban J connectivity index is 1.43. The van der Waals surface area contributed by atoms with E-state index in [1.165, 1.54) is 17.7 Å². The summed E-state index contributed by atoms with van der Waals surface area (Å²) in [4.78, 5) is 17.3. The number of carbonyl (C=O) groups is 1. The van der Waals surface area contributed by atoms with Gasteiger partial charge in [0.15, 0.2) is 0 Å². The molecule has 150 valence electrons. The first-order chi connectivity index (χ1) is 13.2. The molecule has 1 amide bonds. The maximum absolute atomic E-state index is 13.0. The summed E-state index contributed by atoms with van der Waals surface area (Å²) in [5, 5.41) is 2.99. The molecule has 0 unspecified atom stereocenters. The molecule has 0 aliphatic carbocycles. The molecule has 2 aliphatic heterocycles. The number of nitrogens with zero attached hydrogens (tertiary/aromatic N) is 2. The number of carbonyl (C=O) groups excluding carboxylic acids is 1. The van der Waals surface area contributed by atoms with Crippen LogP contribution in [0.3, 0.4) is 0 Å². The Kier molecular flexibility index (Phi) is 7.61. The maximum atomic E-state index is 13.0. The number of hydrogen-bond donors (Lipinski definition) is 1. The van der Waals surface area contributed by atoms with Crippen molar-refractivity contribution >= 4 is 5.91 Å². The van der Waals surface area contributed by atoms with E-state index in [1.807, 2.05) is 12.1 Å².